The molecule has 68 valence electrons. The molecule has 0 unspecified atom stereocenters. The number of hydrogen-bond donors (Lipinski definition) is 0. The highest BCUT2D eigenvalue weighted by atomic mass is 35.5. The van der Waals surface area contributed by atoms with Gasteiger partial charge < -0.3 is 0 Å². The molecular formula is C9H9ClN2S. The zero-order valence-corrected chi connectivity index (χ0v) is 8.99. The minimum Gasteiger partial charge on any atom is -0.268 e. The molecule has 2 heterocycles. The molecule has 2 aromatic heterocycles. The van der Waals surface area contributed by atoms with Crippen molar-refractivity contribution in [3.63, 3.8) is 0 Å². The molecule has 0 bridgehead atoms. The zero-order chi connectivity index (χ0) is 9.42. The fraction of sp³-hybridized carbons (Fsp3) is 0.222. The predicted molar refractivity (Wildman–Crippen MR) is 56.3 cm³/mol. The van der Waals surface area contributed by atoms with E-state index in [-0.39, 0.29) is 0 Å². The van der Waals surface area contributed by atoms with Crippen LogP contribution < -0.4 is 0 Å². The van der Waals surface area contributed by atoms with Crippen LogP contribution in [0.25, 0.3) is 11.3 Å². The number of hydrogen-bond acceptors (Lipinski definition) is 2. The third-order valence-electron chi connectivity index (χ3n) is 1.99. The van der Waals surface area contributed by atoms with Gasteiger partial charge in [0.05, 0.1) is 11.9 Å². The monoisotopic (exact) mass is 212 g/mol. The van der Waals surface area contributed by atoms with Gasteiger partial charge in [-0.2, -0.15) is 5.10 Å². The van der Waals surface area contributed by atoms with Gasteiger partial charge in [-0.05, 0) is 23.9 Å². The normalized spacial score (nSPS) is 10.7. The van der Waals surface area contributed by atoms with Crippen LogP contribution in [0.2, 0.25) is 4.34 Å². The van der Waals surface area contributed by atoms with Crippen molar-refractivity contribution >= 4 is 22.9 Å². The lowest BCUT2D eigenvalue weighted by atomic mass is 10.2. The van der Waals surface area contributed by atoms with Crippen molar-refractivity contribution in [2.75, 3.05) is 0 Å². The third kappa shape index (κ3) is 1.38. The van der Waals surface area contributed by atoms with E-state index in [2.05, 4.69) is 5.10 Å². The Morgan fingerprint density at radius 3 is 2.77 bits per heavy atom. The highest BCUT2D eigenvalue weighted by Gasteiger charge is 2.11. The van der Waals surface area contributed by atoms with E-state index in [1.54, 1.807) is 11.3 Å². The van der Waals surface area contributed by atoms with Crippen molar-refractivity contribution in [3.8, 4) is 11.3 Å². The van der Waals surface area contributed by atoms with E-state index < -0.39 is 0 Å². The van der Waals surface area contributed by atoms with Gasteiger partial charge >= 0.3 is 0 Å². The molecule has 4 heteroatoms. The molecule has 2 nitrogen and oxygen atoms in total. The maximum atomic E-state index is 6.05. The molecule has 2 aromatic rings. The Kier molecular flexibility index (Phi) is 2.14. The Balaban J connectivity index is 2.64. The molecule has 0 spiro atoms. The molecule has 0 aliphatic heterocycles. The van der Waals surface area contributed by atoms with Crippen LogP contribution in [-0.2, 0) is 7.05 Å². The van der Waals surface area contributed by atoms with Crippen LogP contribution >= 0.6 is 22.9 Å². The molecule has 0 amide bonds. The highest BCUT2D eigenvalue weighted by Crippen LogP contribution is 2.33. The summed E-state index contributed by atoms with van der Waals surface area (Å²) in [5.41, 5.74) is 3.33. The fourth-order valence-corrected chi connectivity index (χ4v) is 2.32. The second kappa shape index (κ2) is 3.16. The lowest BCUT2D eigenvalue weighted by Crippen LogP contribution is -1.93. The van der Waals surface area contributed by atoms with Gasteiger partial charge in [0, 0.05) is 12.6 Å². The number of aromatic nitrogens is 2. The van der Waals surface area contributed by atoms with E-state index in [4.69, 9.17) is 11.6 Å². The Morgan fingerprint density at radius 2 is 2.31 bits per heavy atom. The summed E-state index contributed by atoms with van der Waals surface area (Å²) >= 11 is 7.60. The number of aryl methyl sites for hydroxylation is 2. The molecule has 0 radical (unpaired) electrons. The van der Waals surface area contributed by atoms with Crippen molar-refractivity contribution in [1.82, 2.24) is 9.78 Å². The van der Waals surface area contributed by atoms with Gasteiger partial charge in [0.15, 0.2) is 0 Å². The Hall–Kier alpha value is -0.800. The summed E-state index contributed by atoms with van der Waals surface area (Å²) in [6, 6.07) is 2.02. The molecule has 0 aliphatic carbocycles. The average molecular weight is 213 g/mol. The first-order chi connectivity index (χ1) is 6.20. The first kappa shape index (κ1) is 8.78. The van der Waals surface area contributed by atoms with Crippen LogP contribution in [0.1, 0.15) is 5.56 Å². The minimum atomic E-state index is 0.826. The maximum Gasteiger partial charge on any atom is 0.102 e. The van der Waals surface area contributed by atoms with Gasteiger partial charge in [-0.15, -0.1) is 11.3 Å². The van der Waals surface area contributed by atoms with Crippen molar-refractivity contribution in [2.45, 2.75) is 6.92 Å². The van der Waals surface area contributed by atoms with E-state index >= 15 is 0 Å². The zero-order valence-electron chi connectivity index (χ0n) is 7.41. The predicted octanol–water partition coefficient (Wildman–Crippen LogP) is 3.11. The van der Waals surface area contributed by atoms with E-state index in [1.165, 1.54) is 0 Å². The van der Waals surface area contributed by atoms with Crippen LogP contribution in [-0.4, -0.2) is 9.78 Å². The number of nitrogens with zero attached hydrogens (tertiary/aromatic N) is 2. The second-order valence-corrected chi connectivity index (χ2v) is 4.43. The summed E-state index contributed by atoms with van der Waals surface area (Å²) in [6.07, 6.45) is 1.85. The highest BCUT2D eigenvalue weighted by molar-refractivity contribution is 7.15. The molecule has 0 aliphatic rings. The third-order valence-corrected chi connectivity index (χ3v) is 3.16. The van der Waals surface area contributed by atoms with E-state index in [1.807, 2.05) is 36.3 Å². The van der Waals surface area contributed by atoms with Crippen LogP contribution in [0.3, 0.4) is 0 Å². The topological polar surface area (TPSA) is 17.8 Å². The van der Waals surface area contributed by atoms with Crippen LogP contribution in [0.5, 0.6) is 0 Å². The smallest absolute Gasteiger partial charge is 0.102 e. The summed E-state index contributed by atoms with van der Waals surface area (Å²) in [6.45, 7) is 2.04. The van der Waals surface area contributed by atoms with Crippen LogP contribution in [0.4, 0.5) is 0 Å². The number of halogens is 1. The molecule has 0 N–H and O–H groups in total. The summed E-state index contributed by atoms with van der Waals surface area (Å²) in [7, 11) is 1.93. The van der Waals surface area contributed by atoms with Gasteiger partial charge in [-0.1, -0.05) is 11.6 Å². The Bertz CT molecular complexity index is 411. The van der Waals surface area contributed by atoms with Crippen LogP contribution in [0.15, 0.2) is 17.6 Å². The summed E-state index contributed by atoms with van der Waals surface area (Å²) in [5, 5.41) is 6.17. The molecule has 0 saturated heterocycles. The first-order valence-corrected chi connectivity index (χ1v) is 5.18. The van der Waals surface area contributed by atoms with Gasteiger partial charge in [0.25, 0.3) is 0 Å². The number of rotatable bonds is 1. The van der Waals surface area contributed by atoms with Gasteiger partial charge in [-0.3, -0.25) is 4.68 Å². The quantitative estimate of drug-likeness (QED) is 0.710. The fourth-order valence-electron chi connectivity index (χ4n) is 1.40. The molecule has 0 atom stereocenters. The molecule has 13 heavy (non-hydrogen) atoms. The van der Waals surface area contributed by atoms with Gasteiger partial charge in [0.2, 0.25) is 0 Å². The molecule has 0 fully saturated rings. The van der Waals surface area contributed by atoms with E-state index in [0.29, 0.717) is 0 Å². The maximum absolute atomic E-state index is 6.05. The lowest BCUT2D eigenvalue weighted by Gasteiger charge is -2.01. The molecule has 2 rings (SSSR count). The summed E-state index contributed by atoms with van der Waals surface area (Å²) in [5.74, 6) is 0. The van der Waals surface area contributed by atoms with Crippen LogP contribution in [0, 0.1) is 6.92 Å². The molecular weight excluding hydrogens is 204 g/mol. The Morgan fingerprint density at radius 1 is 1.54 bits per heavy atom. The summed E-state index contributed by atoms with van der Waals surface area (Å²) in [4.78, 5) is 0. The van der Waals surface area contributed by atoms with Crippen molar-refractivity contribution in [2.24, 2.45) is 7.05 Å². The summed E-state index contributed by atoms with van der Waals surface area (Å²) < 4.78 is 2.68. The largest absolute Gasteiger partial charge is 0.268 e. The SMILES string of the molecule is Cc1cnn(C)c1-c1ccsc1Cl. The Labute approximate surface area is 85.8 Å². The van der Waals surface area contributed by atoms with E-state index in [0.717, 1.165) is 21.2 Å². The van der Waals surface area contributed by atoms with Gasteiger partial charge in [-0.25, -0.2) is 0 Å². The van der Waals surface area contributed by atoms with Gasteiger partial charge in [0.1, 0.15) is 4.34 Å². The second-order valence-electron chi connectivity index (χ2n) is 2.91. The minimum absolute atomic E-state index is 0.826. The van der Waals surface area contributed by atoms with Crippen molar-refractivity contribution in [3.05, 3.63) is 27.5 Å². The van der Waals surface area contributed by atoms with Crippen molar-refractivity contribution < 1.29 is 0 Å². The molecule has 0 saturated carbocycles. The number of thiophene rings is 1. The van der Waals surface area contributed by atoms with E-state index in [9.17, 15) is 0 Å². The molecule has 0 aromatic carbocycles. The first-order valence-electron chi connectivity index (χ1n) is 3.92. The standard InChI is InChI=1S/C9H9ClN2S/c1-6-5-11-12(2)8(6)7-3-4-13-9(7)10/h3-5H,1-2H3. The van der Waals surface area contributed by atoms with Crippen molar-refractivity contribution in [1.29, 1.82) is 0 Å². The average Bonchev–Trinajstić information content (AvgIpc) is 2.60. The lowest BCUT2D eigenvalue weighted by molar-refractivity contribution is 0.776.